The van der Waals surface area contributed by atoms with Gasteiger partial charge in [0.2, 0.25) is 0 Å². The molecule has 7 heteroatoms. The summed E-state index contributed by atoms with van der Waals surface area (Å²) in [6.45, 7) is 4.04. The van der Waals surface area contributed by atoms with E-state index < -0.39 is 0 Å². The molecule has 1 saturated heterocycles. The number of likely N-dealkylation sites (tertiary alicyclic amines) is 1. The second-order valence-corrected chi connectivity index (χ2v) is 9.10. The number of amides is 1. The number of hydrogen-bond acceptors (Lipinski definition) is 4. The molecule has 0 spiro atoms. The van der Waals surface area contributed by atoms with Gasteiger partial charge in [0.25, 0.3) is 5.91 Å². The van der Waals surface area contributed by atoms with Crippen LogP contribution >= 0.6 is 0 Å². The number of rotatable bonds is 4. The summed E-state index contributed by atoms with van der Waals surface area (Å²) in [4.78, 5) is 28.9. The van der Waals surface area contributed by atoms with E-state index in [-0.39, 0.29) is 17.8 Å². The van der Waals surface area contributed by atoms with Crippen LogP contribution < -0.4 is 0 Å². The molecule has 0 bridgehead atoms. The van der Waals surface area contributed by atoms with E-state index in [1.807, 2.05) is 30.5 Å². The van der Waals surface area contributed by atoms with Crippen molar-refractivity contribution in [1.29, 1.82) is 0 Å². The van der Waals surface area contributed by atoms with Gasteiger partial charge in [0, 0.05) is 31.2 Å². The maximum absolute atomic E-state index is 13.9. The van der Waals surface area contributed by atoms with E-state index in [0.29, 0.717) is 11.5 Å². The summed E-state index contributed by atoms with van der Waals surface area (Å²) in [6, 6.07) is 12.6. The minimum Gasteiger partial charge on any atom is -0.345 e. The molecule has 1 aliphatic heterocycles. The maximum Gasteiger partial charge on any atom is 0.253 e. The van der Waals surface area contributed by atoms with Crippen LogP contribution in [0.1, 0.15) is 53.5 Å². The molecule has 0 saturated carbocycles. The van der Waals surface area contributed by atoms with Gasteiger partial charge in [0.1, 0.15) is 11.6 Å². The number of benzene rings is 2. The first-order chi connectivity index (χ1) is 15.9. The second kappa shape index (κ2) is 8.56. The van der Waals surface area contributed by atoms with E-state index >= 15 is 0 Å². The Morgan fingerprint density at radius 1 is 1.12 bits per heavy atom. The summed E-state index contributed by atoms with van der Waals surface area (Å²) in [6.07, 6.45) is 3.83. The number of fused-ring (bicyclic) bond motifs is 2. The molecule has 1 unspecified atom stereocenters. The average molecular weight is 446 g/mol. The molecule has 170 valence electrons. The van der Waals surface area contributed by atoms with Crippen molar-refractivity contribution < 1.29 is 9.18 Å². The molecule has 6 nitrogen and oxygen atoms in total. The summed E-state index contributed by atoms with van der Waals surface area (Å²) in [5.74, 6) is 1.06. The van der Waals surface area contributed by atoms with E-state index in [0.717, 1.165) is 53.7 Å². The van der Waals surface area contributed by atoms with Crippen LogP contribution in [0, 0.1) is 5.82 Å². The minimum absolute atomic E-state index is 0.0216. The lowest BCUT2D eigenvalue weighted by Gasteiger charge is -2.35. The number of pyridine rings is 1. The second-order valence-electron chi connectivity index (χ2n) is 9.10. The molecule has 4 aromatic rings. The minimum atomic E-state index is -0.219. The molecule has 1 aliphatic rings. The number of halogens is 1. The molecule has 3 heterocycles. The lowest BCUT2D eigenvalue weighted by Crippen LogP contribution is -2.35. The van der Waals surface area contributed by atoms with Crippen LogP contribution in [0.2, 0.25) is 0 Å². The van der Waals surface area contributed by atoms with Gasteiger partial charge in [0.15, 0.2) is 0 Å². The van der Waals surface area contributed by atoms with Gasteiger partial charge < -0.3 is 9.88 Å². The molecular formula is C26H28FN5O. The monoisotopic (exact) mass is 445 g/mol. The standard InChI is InChI=1S/C26H28FN5O/c1-16(25-29-23-6-4-18(14-24(23)30-25)26(33)31(2)3)32-12-9-17(10-13-32)20-8-11-28-22-7-5-19(27)15-21(20)22/h4-8,11,14-17H,9-10,12-13H2,1-3H3,(H,29,30). The number of aromatic nitrogens is 3. The summed E-state index contributed by atoms with van der Waals surface area (Å²) in [7, 11) is 3.50. The first-order valence-electron chi connectivity index (χ1n) is 11.4. The first kappa shape index (κ1) is 21.5. The van der Waals surface area contributed by atoms with Gasteiger partial charge in [-0.1, -0.05) is 0 Å². The average Bonchev–Trinajstić information content (AvgIpc) is 3.26. The SMILES string of the molecule is CC(c1nc2ccc(C(=O)N(C)C)cc2[nH]1)N1CCC(c2ccnc3ccc(F)cc23)CC1. The van der Waals surface area contributed by atoms with E-state index in [4.69, 9.17) is 4.98 Å². The van der Waals surface area contributed by atoms with Crippen LogP contribution in [0.4, 0.5) is 4.39 Å². The fourth-order valence-electron chi connectivity index (χ4n) is 4.88. The Hall–Kier alpha value is -3.32. The third-order valence-corrected chi connectivity index (χ3v) is 6.80. The third-order valence-electron chi connectivity index (χ3n) is 6.80. The van der Waals surface area contributed by atoms with Gasteiger partial charge in [-0.25, -0.2) is 9.37 Å². The van der Waals surface area contributed by atoms with E-state index in [1.165, 1.54) is 11.6 Å². The summed E-state index contributed by atoms with van der Waals surface area (Å²) in [5, 5.41) is 0.921. The molecule has 1 N–H and O–H groups in total. The number of H-pyrrole nitrogens is 1. The van der Waals surface area contributed by atoms with Gasteiger partial charge in [0.05, 0.1) is 22.6 Å². The molecular weight excluding hydrogens is 417 g/mol. The predicted octanol–water partition coefficient (Wildman–Crippen LogP) is 4.89. The number of aromatic amines is 1. The Balaban J connectivity index is 1.32. The van der Waals surface area contributed by atoms with Crippen molar-refractivity contribution >= 4 is 27.8 Å². The highest BCUT2D eigenvalue weighted by Gasteiger charge is 2.27. The maximum atomic E-state index is 13.9. The van der Waals surface area contributed by atoms with Gasteiger partial charge >= 0.3 is 0 Å². The van der Waals surface area contributed by atoms with Crippen molar-refractivity contribution in [2.45, 2.75) is 31.7 Å². The Morgan fingerprint density at radius 2 is 1.88 bits per heavy atom. The topological polar surface area (TPSA) is 65.1 Å². The summed E-state index contributed by atoms with van der Waals surface area (Å²) >= 11 is 0. The molecule has 2 aromatic heterocycles. The summed E-state index contributed by atoms with van der Waals surface area (Å²) in [5.41, 5.74) is 4.43. The smallest absolute Gasteiger partial charge is 0.253 e. The fourth-order valence-corrected chi connectivity index (χ4v) is 4.88. The zero-order valence-corrected chi connectivity index (χ0v) is 19.2. The van der Waals surface area contributed by atoms with Gasteiger partial charge in [-0.05, 0) is 86.8 Å². The zero-order valence-electron chi connectivity index (χ0n) is 19.2. The number of imidazole rings is 1. The number of carbonyl (C=O) groups excluding carboxylic acids is 1. The van der Waals surface area contributed by atoms with Crippen molar-refractivity contribution in [3.63, 3.8) is 0 Å². The van der Waals surface area contributed by atoms with E-state index in [1.54, 1.807) is 31.1 Å². The predicted molar refractivity (Wildman–Crippen MR) is 128 cm³/mol. The molecule has 2 aromatic carbocycles. The van der Waals surface area contributed by atoms with Crippen molar-refractivity contribution in [2.24, 2.45) is 0 Å². The fraction of sp³-hybridized carbons (Fsp3) is 0.346. The van der Waals surface area contributed by atoms with Gasteiger partial charge in [-0.15, -0.1) is 0 Å². The first-order valence-corrected chi connectivity index (χ1v) is 11.4. The molecule has 1 amide bonds. The van der Waals surface area contributed by atoms with Crippen LogP contribution in [-0.2, 0) is 0 Å². The number of nitrogens with zero attached hydrogens (tertiary/aromatic N) is 4. The third kappa shape index (κ3) is 4.09. The number of piperidine rings is 1. The Bertz CT molecular complexity index is 1320. The van der Waals surface area contributed by atoms with Gasteiger partial charge in [-0.3, -0.25) is 14.7 Å². The molecule has 0 aliphatic carbocycles. The van der Waals surface area contributed by atoms with Crippen LogP contribution in [0.5, 0.6) is 0 Å². The highest BCUT2D eigenvalue weighted by atomic mass is 19.1. The lowest BCUT2D eigenvalue weighted by molar-refractivity contribution is 0.0827. The molecule has 5 rings (SSSR count). The van der Waals surface area contributed by atoms with E-state index in [9.17, 15) is 9.18 Å². The molecule has 1 fully saturated rings. The van der Waals surface area contributed by atoms with Crippen LogP contribution in [0.25, 0.3) is 21.9 Å². The zero-order chi connectivity index (χ0) is 23.1. The lowest BCUT2D eigenvalue weighted by atomic mass is 9.87. The van der Waals surface area contributed by atoms with Crippen LogP contribution in [-0.4, -0.2) is 57.8 Å². The summed E-state index contributed by atoms with van der Waals surface area (Å²) < 4.78 is 13.9. The van der Waals surface area contributed by atoms with Crippen molar-refractivity contribution in [1.82, 2.24) is 24.8 Å². The number of hydrogen-bond donors (Lipinski definition) is 1. The number of carbonyl (C=O) groups is 1. The number of nitrogens with one attached hydrogen (secondary N) is 1. The normalized spacial score (nSPS) is 16.4. The Labute approximate surface area is 192 Å². The molecule has 1 atom stereocenters. The Morgan fingerprint density at radius 3 is 2.64 bits per heavy atom. The quantitative estimate of drug-likeness (QED) is 0.486. The van der Waals surface area contributed by atoms with Crippen molar-refractivity contribution in [3.8, 4) is 0 Å². The van der Waals surface area contributed by atoms with Crippen LogP contribution in [0.3, 0.4) is 0 Å². The highest BCUT2D eigenvalue weighted by molar-refractivity contribution is 5.97. The Kier molecular flexibility index (Phi) is 5.58. The molecule has 0 radical (unpaired) electrons. The van der Waals surface area contributed by atoms with Crippen molar-refractivity contribution in [2.75, 3.05) is 27.2 Å². The van der Waals surface area contributed by atoms with Gasteiger partial charge in [-0.2, -0.15) is 0 Å². The molecule has 33 heavy (non-hydrogen) atoms. The highest BCUT2D eigenvalue weighted by Crippen LogP contribution is 2.35. The van der Waals surface area contributed by atoms with Crippen molar-refractivity contribution in [3.05, 3.63) is 71.4 Å². The largest absolute Gasteiger partial charge is 0.345 e. The van der Waals surface area contributed by atoms with E-state index in [2.05, 4.69) is 21.8 Å². The van der Waals surface area contributed by atoms with Crippen LogP contribution in [0.15, 0.2) is 48.7 Å².